The summed E-state index contributed by atoms with van der Waals surface area (Å²) in [6, 6.07) is 8.89. The lowest BCUT2D eigenvalue weighted by Crippen LogP contribution is -2.16. The predicted molar refractivity (Wildman–Crippen MR) is 115 cm³/mol. The highest BCUT2D eigenvalue weighted by atomic mass is 14.7. The summed E-state index contributed by atoms with van der Waals surface area (Å²) < 4.78 is 0. The standard InChI is InChI=1S/C25H39N/c1-3-4-5-6-7-8-9-10-11-15-20(2)21-17-14-18-23-22-16-12-13-19-24(22)26-25(21)23/h12-13,16,19-21,26H,3-11,14-15,17-18H2,1-2H3. The lowest BCUT2D eigenvalue weighted by molar-refractivity contribution is 0.365. The molecule has 144 valence electrons. The van der Waals surface area contributed by atoms with Gasteiger partial charge in [0.25, 0.3) is 0 Å². The molecule has 0 fully saturated rings. The maximum atomic E-state index is 3.78. The van der Waals surface area contributed by atoms with Gasteiger partial charge in [-0.25, -0.2) is 0 Å². The molecule has 0 bridgehead atoms. The molecule has 1 nitrogen and oxygen atoms in total. The summed E-state index contributed by atoms with van der Waals surface area (Å²) in [4.78, 5) is 3.78. The fourth-order valence-corrected chi connectivity index (χ4v) is 5.00. The molecule has 0 saturated heterocycles. The van der Waals surface area contributed by atoms with Crippen molar-refractivity contribution < 1.29 is 0 Å². The molecule has 26 heavy (non-hydrogen) atoms. The Morgan fingerprint density at radius 1 is 0.962 bits per heavy atom. The molecule has 2 aromatic rings. The summed E-state index contributed by atoms with van der Waals surface area (Å²) in [6.07, 6.45) is 18.3. The van der Waals surface area contributed by atoms with Crippen LogP contribution >= 0.6 is 0 Å². The molecule has 1 aliphatic carbocycles. The summed E-state index contributed by atoms with van der Waals surface area (Å²) in [5, 5.41) is 1.47. The average Bonchev–Trinajstić information content (AvgIpc) is 3.05. The highest BCUT2D eigenvalue weighted by Gasteiger charge is 2.27. The third kappa shape index (κ3) is 4.93. The lowest BCUT2D eigenvalue weighted by atomic mass is 9.77. The number of fused-ring (bicyclic) bond motifs is 3. The third-order valence-electron chi connectivity index (χ3n) is 6.61. The number of aryl methyl sites for hydroxylation is 1. The van der Waals surface area contributed by atoms with E-state index in [1.165, 1.54) is 94.4 Å². The first-order valence-electron chi connectivity index (χ1n) is 11.4. The van der Waals surface area contributed by atoms with Crippen LogP contribution in [0.2, 0.25) is 0 Å². The maximum absolute atomic E-state index is 3.78. The highest BCUT2D eigenvalue weighted by Crippen LogP contribution is 2.41. The zero-order valence-electron chi connectivity index (χ0n) is 17.2. The number of H-pyrrole nitrogens is 1. The molecule has 1 N–H and O–H groups in total. The molecule has 0 saturated carbocycles. The second-order valence-electron chi connectivity index (χ2n) is 8.66. The molecule has 1 aliphatic rings. The molecule has 1 heterocycles. The van der Waals surface area contributed by atoms with Gasteiger partial charge in [0.1, 0.15) is 0 Å². The van der Waals surface area contributed by atoms with Crippen LogP contribution in [0.4, 0.5) is 0 Å². The van der Waals surface area contributed by atoms with Crippen LogP contribution in [0, 0.1) is 5.92 Å². The summed E-state index contributed by atoms with van der Waals surface area (Å²) in [6.45, 7) is 4.79. The van der Waals surface area contributed by atoms with Crippen LogP contribution < -0.4 is 0 Å². The second-order valence-corrected chi connectivity index (χ2v) is 8.66. The molecular formula is C25H39N. The molecule has 2 atom stereocenters. The molecule has 1 heteroatoms. The Bertz CT molecular complexity index is 653. The van der Waals surface area contributed by atoms with E-state index in [1.807, 2.05) is 0 Å². The van der Waals surface area contributed by atoms with Gasteiger partial charge in [0.15, 0.2) is 0 Å². The van der Waals surface area contributed by atoms with E-state index < -0.39 is 0 Å². The van der Waals surface area contributed by atoms with Crippen molar-refractivity contribution >= 4 is 10.9 Å². The smallest absolute Gasteiger partial charge is 0.0459 e. The number of unbranched alkanes of at least 4 members (excludes halogenated alkanes) is 8. The number of rotatable bonds is 11. The molecule has 0 aliphatic heterocycles. The van der Waals surface area contributed by atoms with E-state index >= 15 is 0 Å². The van der Waals surface area contributed by atoms with Crippen LogP contribution in [0.3, 0.4) is 0 Å². The van der Waals surface area contributed by atoms with Gasteiger partial charge < -0.3 is 4.98 Å². The average molecular weight is 354 g/mol. The number of benzene rings is 1. The summed E-state index contributed by atoms with van der Waals surface area (Å²) in [5.41, 5.74) is 4.54. The zero-order chi connectivity index (χ0) is 18.2. The molecule has 2 unspecified atom stereocenters. The normalized spacial score (nSPS) is 18.2. The minimum atomic E-state index is 0.750. The van der Waals surface area contributed by atoms with Crippen LogP contribution in [0.5, 0.6) is 0 Å². The number of aromatic amines is 1. The SMILES string of the molecule is CCCCCCCCCCCC(C)C1CCCc2c1[nH]c1ccccc21. The van der Waals surface area contributed by atoms with Crippen LogP contribution in [0.15, 0.2) is 24.3 Å². The Kier molecular flexibility index (Phi) is 7.65. The van der Waals surface area contributed by atoms with Crippen LogP contribution in [-0.2, 0) is 6.42 Å². The van der Waals surface area contributed by atoms with Gasteiger partial charge in [0.05, 0.1) is 0 Å². The van der Waals surface area contributed by atoms with Crippen molar-refractivity contribution in [1.29, 1.82) is 0 Å². The highest BCUT2D eigenvalue weighted by molar-refractivity contribution is 5.85. The zero-order valence-corrected chi connectivity index (χ0v) is 17.2. The van der Waals surface area contributed by atoms with E-state index in [0.29, 0.717) is 0 Å². The molecule has 1 aromatic heterocycles. The molecule has 1 aromatic carbocycles. The van der Waals surface area contributed by atoms with Gasteiger partial charge in [-0.3, -0.25) is 0 Å². The monoisotopic (exact) mass is 353 g/mol. The fourth-order valence-electron chi connectivity index (χ4n) is 5.00. The fraction of sp³-hybridized carbons (Fsp3) is 0.680. The number of hydrogen-bond acceptors (Lipinski definition) is 0. The molecular weight excluding hydrogens is 314 g/mol. The van der Waals surface area contributed by atoms with Gasteiger partial charge in [-0.15, -0.1) is 0 Å². The van der Waals surface area contributed by atoms with E-state index in [4.69, 9.17) is 0 Å². The Morgan fingerprint density at radius 3 is 2.42 bits per heavy atom. The Hall–Kier alpha value is -1.24. The minimum absolute atomic E-state index is 0.750. The van der Waals surface area contributed by atoms with Gasteiger partial charge in [-0.2, -0.15) is 0 Å². The van der Waals surface area contributed by atoms with Crippen molar-refractivity contribution in [3.63, 3.8) is 0 Å². The summed E-state index contributed by atoms with van der Waals surface area (Å²) in [7, 11) is 0. The van der Waals surface area contributed by atoms with Crippen molar-refractivity contribution in [3.8, 4) is 0 Å². The van der Waals surface area contributed by atoms with Gasteiger partial charge in [0.2, 0.25) is 0 Å². The number of para-hydroxylation sites is 1. The molecule has 3 rings (SSSR count). The first-order chi connectivity index (χ1) is 12.8. The van der Waals surface area contributed by atoms with Crippen LogP contribution in [0.1, 0.15) is 108 Å². The first-order valence-corrected chi connectivity index (χ1v) is 11.4. The van der Waals surface area contributed by atoms with Crippen LogP contribution in [0.25, 0.3) is 10.9 Å². The largest absolute Gasteiger partial charge is 0.358 e. The minimum Gasteiger partial charge on any atom is -0.358 e. The van der Waals surface area contributed by atoms with Gasteiger partial charge in [-0.1, -0.05) is 96.3 Å². The van der Waals surface area contributed by atoms with Crippen LogP contribution in [-0.4, -0.2) is 4.98 Å². The maximum Gasteiger partial charge on any atom is 0.0459 e. The second kappa shape index (κ2) is 10.2. The van der Waals surface area contributed by atoms with E-state index in [-0.39, 0.29) is 0 Å². The first kappa shape index (κ1) is 19.5. The van der Waals surface area contributed by atoms with Crippen molar-refractivity contribution in [3.05, 3.63) is 35.5 Å². The topological polar surface area (TPSA) is 15.8 Å². The quantitative estimate of drug-likeness (QED) is 0.392. The third-order valence-corrected chi connectivity index (χ3v) is 6.61. The van der Waals surface area contributed by atoms with E-state index in [1.54, 1.807) is 11.3 Å². The Morgan fingerprint density at radius 2 is 1.65 bits per heavy atom. The molecule has 0 radical (unpaired) electrons. The van der Waals surface area contributed by atoms with Gasteiger partial charge in [-0.05, 0) is 36.8 Å². The Labute approximate surface area is 161 Å². The van der Waals surface area contributed by atoms with Crippen molar-refractivity contribution in [2.24, 2.45) is 5.92 Å². The lowest BCUT2D eigenvalue weighted by Gasteiger charge is -2.28. The van der Waals surface area contributed by atoms with Crippen molar-refractivity contribution in [2.75, 3.05) is 0 Å². The van der Waals surface area contributed by atoms with Gasteiger partial charge in [0, 0.05) is 22.5 Å². The Balaban J connectivity index is 1.43. The predicted octanol–water partition coefficient (Wildman–Crippen LogP) is 8.14. The molecule has 0 amide bonds. The van der Waals surface area contributed by atoms with Crippen molar-refractivity contribution in [2.45, 2.75) is 103 Å². The van der Waals surface area contributed by atoms with E-state index in [9.17, 15) is 0 Å². The summed E-state index contributed by atoms with van der Waals surface area (Å²) in [5.74, 6) is 1.56. The number of nitrogens with one attached hydrogen (secondary N) is 1. The summed E-state index contributed by atoms with van der Waals surface area (Å²) >= 11 is 0. The number of hydrogen-bond donors (Lipinski definition) is 1. The van der Waals surface area contributed by atoms with E-state index in [2.05, 4.69) is 43.1 Å². The van der Waals surface area contributed by atoms with Crippen molar-refractivity contribution in [1.82, 2.24) is 4.98 Å². The van der Waals surface area contributed by atoms with E-state index in [0.717, 1.165) is 11.8 Å². The molecule has 0 spiro atoms. The van der Waals surface area contributed by atoms with Gasteiger partial charge >= 0.3 is 0 Å². The number of aromatic nitrogens is 1.